The summed E-state index contributed by atoms with van der Waals surface area (Å²) in [4.78, 5) is 18.5. The molecule has 25 heavy (non-hydrogen) atoms. The second-order valence-corrected chi connectivity index (χ2v) is 6.27. The number of aromatic nitrogens is 2. The van der Waals surface area contributed by atoms with E-state index in [0.717, 1.165) is 43.5 Å². The Morgan fingerprint density at radius 1 is 1.32 bits per heavy atom. The molecule has 1 aliphatic rings. The van der Waals surface area contributed by atoms with Gasteiger partial charge in [0.15, 0.2) is 0 Å². The summed E-state index contributed by atoms with van der Waals surface area (Å²) in [5.41, 5.74) is 6.41. The van der Waals surface area contributed by atoms with E-state index in [1.165, 1.54) is 13.0 Å². The van der Waals surface area contributed by atoms with Gasteiger partial charge in [-0.2, -0.15) is 0 Å². The molecule has 0 radical (unpaired) electrons. The van der Waals surface area contributed by atoms with E-state index in [1.54, 1.807) is 0 Å². The van der Waals surface area contributed by atoms with Crippen molar-refractivity contribution in [3.05, 3.63) is 57.5 Å². The highest BCUT2D eigenvalue weighted by atomic mass is 19.3. The molecule has 0 bridgehead atoms. The van der Waals surface area contributed by atoms with Gasteiger partial charge < -0.3 is 10.7 Å². The molecule has 3 N–H and O–H groups in total. The number of halogens is 3. The summed E-state index contributed by atoms with van der Waals surface area (Å²) >= 11 is 0. The van der Waals surface area contributed by atoms with Gasteiger partial charge in [0, 0.05) is 24.9 Å². The van der Waals surface area contributed by atoms with E-state index in [2.05, 4.69) is 9.97 Å². The van der Waals surface area contributed by atoms with Gasteiger partial charge in [0.05, 0.1) is 11.7 Å². The number of aryl methyl sites for hydroxylation is 1. The number of nitrogens with one attached hydrogen (secondary N) is 1. The quantitative estimate of drug-likeness (QED) is 0.864. The third kappa shape index (κ3) is 5.16. The first-order chi connectivity index (χ1) is 11.7. The third-order valence-electron chi connectivity index (χ3n) is 4.12. The Kier molecular flexibility index (Phi) is 6.00. The van der Waals surface area contributed by atoms with E-state index >= 15 is 0 Å². The summed E-state index contributed by atoms with van der Waals surface area (Å²) in [7, 11) is 0. The van der Waals surface area contributed by atoms with Gasteiger partial charge in [0.25, 0.3) is 5.92 Å². The first-order valence-corrected chi connectivity index (χ1v) is 8.16. The summed E-state index contributed by atoms with van der Waals surface area (Å²) in [6.07, 6.45) is 6.44. The summed E-state index contributed by atoms with van der Waals surface area (Å²) in [5.74, 6) is -4.13. The minimum Gasteiger partial charge on any atom is -0.326 e. The van der Waals surface area contributed by atoms with Crippen LogP contribution < -0.4 is 11.3 Å². The maximum atomic E-state index is 13.9. The molecule has 0 aliphatic heterocycles. The van der Waals surface area contributed by atoms with Crippen molar-refractivity contribution >= 4 is 5.57 Å². The smallest absolute Gasteiger partial charge is 0.264 e. The number of hydrogen-bond donors (Lipinski definition) is 2. The predicted molar refractivity (Wildman–Crippen MR) is 91.2 cm³/mol. The highest BCUT2D eigenvalue weighted by molar-refractivity contribution is 5.62. The lowest BCUT2D eigenvalue weighted by Crippen LogP contribution is -2.30. The number of nitrogens with zero attached hydrogens (tertiary/aromatic N) is 1. The molecule has 1 atom stereocenters. The van der Waals surface area contributed by atoms with E-state index in [-0.39, 0.29) is 11.3 Å². The van der Waals surface area contributed by atoms with Crippen molar-refractivity contribution in [2.75, 3.05) is 0 Å². The molecule has 0 aromatic carbocycles. The molecule has 0 spiro atoms. The van der Waals surface area contributed by atoms with E-state index < -0.39 is 23.3 Å². The van der Waals surface area contributed by atoms with Gasteiger partial charge in [-0.1, -0.05) is 6.08 Å². The Bertz CT molecular complexity index is 780. The fourth-order valence-corrected chi connectivity index (χ4v) is 2.70. The molecular weight excluding hydrogens is 331 g/mol. The van der Waals surface area contributed by atoms with Crippen molar-refractivity contribution in [2.24, 2.45) is 5.73 Å². The predicted octanol–water partition coefficient (Wildman–Crippen LogP) is 3.95. The minimum atomic E-state index is -3.25. The maximum absolute atomic E-state index is 13.9. The Morgan fingerprint density at radius 3 is 2.64 bits per heavy atom. The van der Waals surface area contributed by atoms with Crippen LogP contribution >= 0.6 is 0 Å². The van der Waals surface area contributed by atoms with E-state index in [1.807, 2.05) is 6.08 Å². The molecular formula is C18H22F3N3O. The SMILES string of the molecule is Cc1nc(C2=CCCCC2)cc(=O)[nH]cc(F)cc1C(N)C(C)(F)F. The topological polar surface area (TPSA) is 71.8 Å². The summed E-state index contributed by atoms with van der Waals surface area (Å²) in [6.45, 7) is 2.16. The molecule has 1 aliphatic carbocycles. The average molecular weight is 353 g/mol. The lowest BCUT2D eigenvalue weighted by atomic mass is 9.97. The number of nitrogens with two attached hydrogens (primary N) is 1. The molecule has 0 saturated carbocycles. The van der Waals surface area contributed by atoms with Gasteiger partial charge in [0.2, 0.25) is 5.56 Å². The summed E-state index contributed by atoms with van der Waals surface area (Å²) < 4.78 is 41.3. The van der Waals surface area contributed by atoms with Crippen molar-refractivity contribution in [1.82, 2.24) is 9.97 Å². The van der Waals surface area contributed by atoms with Gasteiger partial charge in [0.1, 0.15) is 5.82 Å². The van der Waals surface area contributed by atoms with Gasteiger partial charge >= 0.3 is 0 Å². The fourth-order valence-electron chi connectivity index (χ4n) is 2.70. The van der Waals surface area contributed by atoms with Crippen molar-refractivity contribution in [3.8, 4) is 0 Å². The number of allylic oxidation sites excluding steroid dienone is 2. The lowest BCUT2D eigenvalue weighted by molar-refractivity contribution is -0.00653. The number of rotatable bonds is 3. The molecule has 1 heterocycles. The first-order valence-electron chi connectivity index (χ1n) is 8.16. The summed E-state index contributed by atoms with van der Waals surface area (Å²) in [5, 5.41) is 0. The van der Waals surface area contributed by atoms with Crippen LogP contribution in [0.4, 0.5) is 13.2 Å². The zero-order chi connectivity index (χ0) is 18.6. The molecule has 1 aromatic heterocycles. The zero-order valence-electron chi connectivity index (χ0n) is 14.3. The van der Waals surface area contributed by atoms with Crippen LogP contribution in [-0.4, -0.2) is 15.9 Å². The van der Waals surface area contributed by atoms with Gasteiger partial charge in [-0.25, -0.2) is 13.2 Å². The highest BCUT2D eigenvalue weighted by Gasteiger charge is 2.33. The van der Waals surface area contributed by atoms with Crippen LogP contribution in [0.1, 0.15) is 55.6 Å². The molecule has 0 fully saturated rings. The monoisotopic (exact) mass is 353 g/mol. The Balaban J connectivity index is 2.75. The number of H-pyrrole nitrogens is 1. The van der Waals surface area contributed by atoms with Crippen molar-refractivity contribution in [1.29, 1.82) is 0 Å². The normalized spacial score (nSPS) is 16.0. The van der Waals surface area contributed by atoms with Crippen LogP contribution in [0.15, 0.2) is 29.2 Å². The number of aromatic amines is 1. The first kappa shape index (κ1) is 19.2. The third-order valence-corrected chi connectivity index (χ3v) is 4.12. The van der Waals surface area contributed by atoms with Crippen LogP contribution in [-0.2, 0) is 0 Å². The molecule has 2 rings (SSSR count). The number of hydrogen-bond acceptors (Lipinski definition) is 3. The standard InChI is InChI=1S/C18H22F3N3O/c1-11-14(17(22)18(2,20)21)8-13(19)10-23-16(25)9-15(24-11)12-6-4-3-5-7-12/h6,8-10,17H,3-5,7,22H2,1-2H3,(H,23,25). The van der Waals surface area contributed by atoms with Gasteiger partial charge in [-0.3, -0.25) is 9.78 Å². The van der Waals surface area contributed by atoms with E-state index in [9.17, 15) is 18.0 Å². The van der Waals surface area contributed by atoms with Crippen molar-refractivity contribution in [3.63, 3.8) is 0 Å². The fraction of sp³-hybridized carbons (Fsp3) is 0.444. The summed E-state index contributed by atoms with van der Waals surface area (Å²) in [6, 6.07) is 0.426. The number of alkyl halides is 2. The van der Waals surface area contributed by atoms with E-state index in [4.69, 9.17) is 5.73 Å². The van der Waals surface area contributed by atoms with Crippen molar-refractivity contribution in [2.45, 2.75) is 51.5 Å². The molecule has 4 nitrogen and oxygen atoms in total. The van der Waals surface area contributed by atoms with Crippen LogP contribution in [0.5, 0.6) is 0 Å². The average Bonchev–Trinajstić information content (AvgIpc) is 2.56. The highest BCUT2D eigenvalue weighted by Crippen LogP contribution is 2.30. The zero-order valence-corrected chi connectivity index (χ0v) is 14.3. The lowest BCUT2D eigenvalue weighted by Gasteiger charge is -2.20. The Morgan fingerprint density at radius 2 is 2.04 bits per heavy atom. The van der Waals surface area contributed by atoms with Crippen LogP contribution in [0.2, 0.25) is 0 Å². The van der Waals surface area contributed by atoms with Gasteiger partial charge in [-0.15, -0.1) is 0 Å². The van der Waals surface area contributed by atoms with Crippen LogP contribution in [0, 0.1) is 12.7 Å². The molecule has 136 valence electrons. The second-order valence-electron chi connectivity index (χ2n) is 6.27. The Hall–Kier alpha value is -2.15. The second kappa shape index (κ2) is 7.82. The molecule has 0 amide bonds. The van der Waals surface area contributed by atoms with Crippen LogP contribution in [0.3, 0.4) is 0 Å². The Labute approximate surface area is 144 Å². The molecule has 0 saturated heterocycles. The van der Waals surface area contributed by atoms with E-state index in [0.29, 0.717) is 12.6 Å². The largest absolute Gasteiger partial charge is 0.326 e. The molecule has 1 aromatic rings. The molecule has 1 unspecified atom stereocenters. The maximum Gasteiger partial charge on any atom is 0.264 e. The van der Waals surface area contributed by atoms with Gasteiger partial charge in [-0.05, 0) is 49.8 Å². The molecule has 7 heteroatoms. The van der Waals surface area contributed by atoms with Crippen LogP contribution in [0.25, 0.3) is 5.57 Å². The minimum absolute atomic E-state index is 0.111. The van der Waals surface area contributed by atoms with Crippen molar-refractivity contribution < 1.29 is 13.2 Å².